The Morgan fingerprint density at radius 3 is 2.27 bits per heavy atom. The Morgan fingerprint density at radius 2 is 1.68 bits per heavy atom. The van der Waals surface area contributed by atoms with Crippen LogP contribution in [0.1, 0.15) is 93.9 Å². The fourth-order valence-electron chi connectivity index (χ4n) is 8.62. The first-order chi connectivity index (χ1) is 27.6. The monoisotopic (exact) mass is 843 g/mol. The number of carbonyl (C=O) groups excluding carboxylic acids is 4. The molecule has 0 aromatic heterocycles. The number of nitrogens with zero attached hydrogens (tertiary/aromatic N) is 1. The molecular formula is C42H69NO16. The number of hydrogen-bond acceptors (Lipinski definition) is 17. The van der Waals surface area contributed by atoms with E-state index in [0.29, 0.717) is 12.7 Å². The fourth-order valence-corrected chi connectivity index (χ4v) is 8.62. The van der Waals surface area contributed by atoms with E-state index in [4.69, 9.17) is 42.6 Å². The molecule has 4 rings (SSSR count). The smallest absolute Gasteiger partial charge is 0.309 e. The van der Waals surface area contributed by atoms with Gasteiger partial charge < -0.3 is 67.6 Å². The number of epoxide rings is 1. The first kappa shape index (κ1) is 49.1. The number of aliphatic hydroxyl groups is 3. The summed E-state index contributed by atoms with van der Waals surface area (Å²) in [7, 11) is 4.85. The predicted molar refractivity (Wildman–Crippen MR) is 209 cm³/mol. The van der Waals surface area contributed by atoms with Crippen LogP contribution in [-0.4, -0.2) is 163 Å². The van der Waals surface area contributed by atoms with Crippen LogP contribution in [0, 0.1) is 17.8 Å². The van der Waals surface area contributed by atoms with Crippen molar-refractivity contribution in [2.24, 2.45) is 17.8 Å². The van der Waals surface area contributed by atoms with E-state index in [9.17, 15) is 34.5 Å². The summed E-state index contributed by atoms with van der Waals surface area (Å²) in [6.07, 6.45) is -8.10. The molecule has 4 heterocycles. The van der Waals surface area contributed by atoms with Crippen LogP contribution in [0.5, 0.6) is 0 Å². The van der Waals surface area contributed by atoms with E-state index in [0.717, 1.165) is 0 Å². The van der Waals surface area contributed by atoms with E-state index in [2.05, 4.69) is 0 Å². The maximum Gasteiger partial charge on any atom is 0.309 e. The Hall–Kier alpha value is -2.58. The fraction of sp³-hybridized carbons (Fsp3) is 0.857. The van der Waals surface area contributed by atoms with E-state index < -0.39 is 121 Å². The van der Waals surface area contributed by atoms with Crippen LogP contribution in [0.3, 0.4) is 0 Å². The second kappa shape index (κ2) is 21.5. The molecule has 0 unspecified atom stereocenters. The summed E-state index contributed by atoms with van der Waals surface area (Å²) < 4.78 is 54.4. The van der Waals surface area contributed by atoms with Gasteiger partial charge in [-0.15, -0.1) is 0 Å². The molecule has 0 aromatic rings. The van der Waals surface area contributed by atoms with Crippen molar-refractivity contribution in [3.63, 3.8) is 0 Å². The van der Waals surface area contributed by atoms with Crippen molar-refractivity contribution in [2.45, 2.75) is 191 Å². The highest BCUT2D eigenvalue weighted by Gasteiger charge is 2.53. The van der Waals surface area contributed by atoms with Gasteiger partial charge in [0, 0.05) is 39.7 Å². The minimum atomic E-state index is -1.50. The number of fused-ring (bicyclic) bond motifs is 1. The van der Waals surface area contributed by atoms with Gasteiger partial charge in [-0.1, -0.05) is 32.9 Å². The van der Waals surface area contributed by atoms with E-state index in [-0.39, 0.29) is 43.8 Å². The van der Waals surface area contributed by atoms with Gasteiger partial charge in [0.15, 0.2) is 18.7 Å². The van der Waals surface area contributed by atoms with E-state index in [1.54, 1.807) is 58.8 Å². The number of likely N-dealkylation sites (N-methyl/N-ethyl adjacent to an activating group) is 1. The number of ether oxygens (including phenoxy) is 9. The second-order valence-electron chi connectivity index (χ2n) is 17.7. The summed E-state index contributed by atoms with van der Waals surface area (Å²) in [6, 6.07) is -0.786. The molecule has 3 saturated heterocycles. The molecule has 0 aliphatic carbocycles. The predicted octanol–water partition coefficient (Wildman–Crippen LogP) is 2.22. The molecule has 0 radical (unpaired) electrons. The Morgan fingerprint density at radius 1 is 0.983 bits per heavy atom. The van der Waals surface area contributed by atoms with Gasteiger partial charge in [0.05, 0.1) is 43.0 Å². The average molecular weight is 844 g/mol. The van der Waals surface area contributed by atoms with Gasteiger partial charge in [-0.3, -0.25) is 14.4 Å². The third-order valence-corrected chi connectivity index (χ3v) is 11.6. The topological polar surface area (TPSA) is 219 Å². The molecule has 0 amide bonds. The van der Waals surface area contributed by atoms with Crippen LogP contribution in [-0.2, 0) is 61.8 Å². The van der Waals surface area contributed by atoms with Crippen LogP contribution in [0.15, 0.2) is 12.2 Å². The molecule has 0 spiro atoms. The standard InChI is InChI=1S/C42H69NO16/c1-21(2)16-32(47)57-40-25(6)53-34(20-42(40,8)50)58-37-24(5)54-41(36(49)35(37)43(9)10)59-38-27(14-15-44)17-22(3)28(46)12-13-29-30(56-29)18-23(4)52-33(48)19-31(39(38)51-11)55-26(7)45/h12-13,15,21-25,27-31,34-41,46,49-50H,14,16-20H2,1-11H3/b13-12+/t22-,23+,24+,25+,27-,28-,29+,30-,31-,34-,35-,36+,37+,38-,39-,40-,41+,42+/m0/s1. The van der Waals surface area contributed by atoms with Gasteiger partial charge in [0.1, 0.15) is 48.5 Å². The number of aldehydes is 1. The molecule has 18 atom stereocenters. The van der Waals surface area contributed by atoms with E-state index in [1.807, 2.05) is 20.8 Å². The van der Waals surface area contributed by atoms with Gasteiger partial charge in [-0.05, 0) is 66.0 Å². The molecule has 4 aliphatic heterocycles. The highest BCUT2D eigenvalue weighted by Crippen LogP contribution is 2.38. The Labute approximate surface area is 348 Å². The number of aliphatic hydroxyl groups excluding tert-OH is 2. The van der Waals surface area contributed by atoms with Crippen LogP contribution in [0.25, 0.3) is 0 Å². The van der Waals surface area contributed by atoms with Gasteiger partial charge in [-0.25, -0.2) is 0 Å². The lowest BCUT2D eigenvalue weighted by Crippen LogP contribution is -2.66. The average Bonchev–Trinajstić information content (AvgIpc) is 3.85. The first-order valence-electron chi connectivity index (χ1n) is 20.9. The first-order valence-corrected chi connectivity index (χ1v) is 20.9. The van der Waals surface area contributed by atoms with Crippen molar-refractivity contribution < 1.29 is 77.1 Å². The van der Waals surface area contributed by atoms with Crippen molar-refractivity contribution in [1.29, 1.82) is 0 Å². The maximum atomic E-state index is 13.3. The lowest BCUT2D eigenvalue weighted by Gasteiger charge is -2.50. The Balaban J connectivity index is 1.63. The summed E-state index contributed by atoms with van der Waals surface area (Å²) in [5.41, 5.74) is -1.50. The summed E-state index contributed by atoms with van der Waals surface area (Å²) in [6.45, 7) is 13.5. The quantitative estimate of drug-likeness (QED) is 0.0844. The van der Waals surface area contributed by atoms with Crippen LogP contribution >= 0.6 is 0 Å². The molecule has 3 fully saturated rings. The molecule has 0 aromatic carbocycles. The van der Waals surface area contributed by atoms with E-state index in [1.165, 1.54) is 14.0 Å². The maximum absolute atomic E-state index is 13.3. The van der Waals surface area contributed by atoms with Crippen molar-refractivity contribution in [3.8, 4) is 0 Å². The minimum absolute atomic E-state index is 0.0481. The van der Waals surface area contributed by atoms with Crippen molar-refractivity contribution in [3.05, 3.63) is 12.2 Å². The molecule has 0 saturated carbocycles. The van der Waals surface area contributed by atoms with Gasteiger partial charge in [0.25, 0.3) is 0 Å². The zero-order valence-electron chi connectivity index (χ0n) is 36.5. The van der Waals surface area contributed by atoms with E-state index >= 15 is 0 Å². The van der Waals surface area contributed by atoms with Crippen LogP contribution < -0.4 is 0 Å². The second-order valence-corrected chi connectivity index (χ2v) is 17.7. The molecule has 4 aliphatic rings. The molecular weight excluding hydrogens is 774 g/mol. The number of cyclic esters (lactones) is 1. The molecule has 59 heavy (non-hydrogen) atoms. The van der Waals surface area contributed by atoms with Crippen LogP contribution in [0.2, 0.25) is 0 Å². The Bertz CT molecular complexity index is 1420. The summed E-state index contributed by atoms with van der Waals surface area (Å²) in [5.74, 6) is -2.85. The van der Waals surface area contributed by atoms with Crippen molar-refractivity contribution in [2.75, 3.05) is 21.2 Å². The third kappa shape index (κ3) is 13.5. The molecule has 17 heteroatoms. The van der Waals surface area contributed by atoms with Crippen molar-refractivity contribution in [1.82, 2.24) is 4.90 Å². The summed E-state index contributed by atoms with van der Waals surface area (Å²) in [4.78, 5) is 52.5. The lowest BCUT2D eigenvalue weighted by molar-refractivity contribution is -0.344. The third-order valence-electron chi connectivity index (χ3n) is 11.6. The number of hydrogen-bond donors (Lipinski definition) is 3. The van der Waals surface area contributed by atoms with Gasteiger partial charge >= 0.3 is 17.9 Å². The Kier molecular flexibility index (Phi) is 17.9. The highest BCUT2D eigenvalue weighted by atomic mass is 16.7. The van der Waals surface area contributed by atoms with Gasteiger partial charge in [0.2, 0.25) is 0 Å². The number of rotatable bonds is 12. The van der Waals surface area contributed by atoms with Crippen LogP contribution in [0.4, 0.5) is 0 Å². The SMILES string of the molecule is CO[C@@H]1[C@@H](O[C@H]2O[C@H](C)[C@@H](O[C@H]3C[C@@](C)(O)[C@@H](OC(=O)CC(C)C)[C@@H](C)O3)[C@@H](N(C)C)[C@H]2O)[C@@H](CC=O)C[C@H](C)[C@@H](O)/C=C/[C@H]2O[C@H]2C[C@@H](C)OC(=O)C[C@@H]1OC(C)=O. The summed E-state index contributed by atoms with van der Waals surface area (Å²) >= 11 is 0. The lowest BCUT2D eigenvalue weighted by atomic mass is 9.82. The zero-order chi connectivity index (χ0) is 43.9. The molecule has 0 bridgehead atoms. The number of methoxy groups -OCH3 is 1. The van der Waals surface area contributed by atoms with Gasteiger partial charge in [-0.2, -0.15) is 0 Å². The summed E-state index contributed by atoms with van der Waals surface area (Å²) in [5, 5.41) is 34.8. The zero-order valence-corrected chi connectivity index (χ0v) is 36.5. The molecule has 3 N–H and O–H groups in total. The highest BCUT2D eigenvalue weighted by molar-refractivity contribution is 5.72. The minimum Gasteiger partial charge on any atom is -0.462 e. The normalized spacial score (nSPS) is 43.0. The largest absolute Gasteiger partial charge is 0.462 e. The molecule has 17 nitrogen and oxygen atoms in total. The number of carbonyl (C=O) groups is 4. The number of esters is 3. The molecule has 338 valence electrons. The van der Waals surface area contributed by atoms with Crippen molar-refractivity contribution >= 4 is 24.2 Å².